The van der Waals surface area contributed by atoms with Gasteiger partial charge in [-0.15, -0.1) is 0 Å². The van der Waals surface area contributed by atoms with Gasteiger partial charge in [-0.3, -0.25) is 0 Å². The number of rotatable bonds is 6. The van der Waals surface area contributed by atoms with E-state index in [1.54, 1.807) is 0 Å². The van der Waals surface area contributed by atoms with Crippen LogP contribution in [-0.2, 0) is 4.74 Å². The fourth-order valence-electron chi connectivity index (χ4n) is 3.09. The Kier molecular flexibility index (Phi) is 6.06. The largest absolute Gasteiger partial charge is 0.381 e. The molecule has 2 unspecified atom stereocenters. The lowest BCUT2D eigenvalue weighted by molar-refractivity contribution is 0.0538. The third-order valence-electron chi connectivity index (χ3n) is 4.64. The van der Waals surface area contributed by atoms with Crippen molar-refractivity contribution in [3.8, 4) is 0 Å². The molecule has 1 heterocycles. The molecule has 1 saturated heterocycles. The second-order valence-corrected chi connectivity index (χ2v) is 5.96. The van der Waals surface area contributed by atoms with Crippen LogP contribution in [0.4, 0.5) is 0 Å². The van der Waals surface area contributed by atoms with Gasteiger partial charge >= 0.3 is 0 Å². The van der Waals surface area contributed by atoms with Crippen LogP contribution in [0.2, 0.25) is 0 Å². The first-order valence-corrected chi connectivity index (χ1v) is 8.17. The summed E-state index contributed by atoms with van der Waals surface area (Å²) in [7, 11) is 0. The molecule has 1 N–H and O–H groups in total. The average molecular weight is 275 g/mol. The summed E-state index contributed by atoms with van der Waals surface area (Å²) in [5.41, 5.74) is 2.89. The van der Waals surface area contributed by atoms with E-state index in [0.29, 0.717) is 17.9 Å². The minimum Gasteiger partial charge on any atom is -0.381 e. The maximum Gasteiger partial charge on any atom is 0.0469 e. The van der Waals surface area contributed by atoms with Crippen molar-refractivity contribution in [2.45, 2.75) is 52.0 Å². The van der Waals surface area contributed by atoms with Gasteiger partial charge in [0.1, 0.15) is 0 Å². The van der Waals surface area contributed by atoms with Gasteiger partial charge in [0.2, 0.25) is 0 Å². The molecule has 2 rings (SSSR count). The summed E-state index contributed by atoms with van der Waals surface area (Å²) in [6, 6.07) is 9.75. The zero-order chi connectivity index (χ0) is 14.4. The summed E-state index contributed by atoms with van der Waals surface area (Å²) in [4.78, 5) is 0. The Bertz CT molecular complexity index is 381. The predicted molar refractivity (Wildman–Crippen MR) is 85.1 cm³/mol. The molecule has 20 heavy (non-hydrogen) atoms. The SMILES string of the molecule is CCNC(c1ccc(C(C)CC)cc1)C1CCOCC1. The normalized spacial score (nSPS) is 19.8. The van der Waals surface area contributed by atoms with E-state index in [9.17, 15) is 0 Å². The fraction of sp³-hybridized carbons (Fsp3) is 0.667. The standard InChI is InChI=1S/C18H29NO/c1-4-14(3)15-6-8-16(9-7-15)18(19-5-2)17-10-12-20-13-11-17/h6-9,14,17-19H,4-5,10-13H2,1-3H3. The number of hydrogen-bond donors (Lipinski definition) is 1. The van der Waals surface area contributed by atoms with Crippen molar-refractivity contribution in [1.82, 2.24) is 5.32 Å². The molecule has 0 radical (unpaired) electrons. The minimum absolute atomic E-state index is 0.481. The van der Waals surface area contributed by atoms with Gasteiger partial charge in [-0.1, -0.05) is 45.0 Å². The van der Waals surface area contributed by atoms with Crippen molar-refractivity contribution in [2.75, 3.05) is 19.8 Å². The highest BCUT2D eigenvalue weighted by Crippen LogP contribution is 2.31. The van der Waals surface area contributed by atoms with Crippen LogP contribution in [0.3, 0.4) is 0 Å². The minimum atomic E-state index is 0.481. The van der Waals surface area contributed by atoms with E-state index in [4.69, 9.17) is 4.74 Å². The van der Waals surface area contributed by atoms with Gasteiger partial charge in [0, 0.05) is 19.3 Å². The van der Waals surface area contributed by atoms with Gasteiger partial charge in [0.15, 0.2) is 0 Å². The van der Waals surface area contributed by atoms with Gasteiger partial charge in [-0.05, 0) is 48.8 Å². The van der Waals surface area contributed by atoms with Crippen LogP contribution in [0.5, 0.6) is 0 Å². The smallest absolute Gasteiger partial charge is 0.0469 e. The highest BCUT2D eigenvalue weighted by molar-refractivity contribution is 5.27. The Hall–Kier alpha value is -0.860. The second kappa shape index (κ2) is 7.80. The van der Waals surface area contributed by atoms with Crippen molar-refractivity contribution in [1.29, 1.82) is 0 Å². The predicted octanol–water partition coefficient (Wildman–Crippen LogP) is 4.28. The van der Waals surface area contributed by atoms with Crippen LogP contribution >= 0.6 is 0 Å². The zero-order valence-corrected chi connectivity index (χ0v) is 13.2. The lowest BCUT2D eigenvalue weighted by Crippen LogP contribution is -2.32. The summed E-state index contributed by atoms with van der Waals surface area (Å²) < 4.78 is 5.50. The van der Waals surface area contributed by atoms with Gasteiger partial charge < -0.3 is 10.1 Å². The van der Waals surface area contributed by atoms with Crippen molar-refractivity contribution in [2.24, 2.45) is 5.92 Å². The Balaban J connectivity index is 2.11. The molecule has 2 nitrogen and oxygen atoms in total. The number of hydrogen-bond acceptors (Lipinski definition) is 2. The van der Waals surface area contributed by atoms with Crippen LogP contribution < -0.4 is 5.32 Å². The molecule has 2 heteroatoms. The summed E-state index contributed by atoms with van der Waals surface area (Å²) in [6.07, 6.45) is 3.55. The molecule has 2 atom stereocenters. The van der Waals surface area contributed by atoms with Gasteiger partial charge in [-0.25, -0.2) is 0 Å². The molecule has 0 saturated carbocycles. The maximum atomic E-state index is 5.50. The average Bonchev–Trinajstić information content (AvgIpc) is 2.53. The number of ether oxygens (including phenoxy) is 1. The molecule has 1 aliphatic rings. The Morgan fingerprint density at radius 2 is 1.70 bits per heavy atom. The molecule has 0 amide bonds. The first-order valence-electron chi connectivity index (χ1n) is 8.17. The third-order valence-corrected chi connectivity index (χ3v) is 4.64. The van der Waals surface area contributed by atoms with Crippen LogP contribution in [-0.4, -0.2) is 19.8 Å². The highest BCUT2D eigenvalue weighted by atomic mass is 16.5. The van der Waals surface area contributed by atoms with E-state index in [2.05, 4.69) is 50.4 Å². The molecule has 0 aliphatic carbocycles. The van der Waals surface area contributed by atoms with E-state index in [1.165, 1.54) is 30.4 Å². The zero-order valence-electron chi connectivity index (χ0n) is 13.2. The molecule has 0 spiro atoms. The third kappa shape index (κ3) is 3.83. The van der Waals surface area contributed by atoms with E-state index < -0.39 is 0 Å². The molecule has 1 aromatic carbocycles. The summed E-state index contributed by atoms with van der Waals surface area (Å²) in [5.74, 6) is 1.36. The van der Waals surface area contributed by atoms with Crippen molar-refractivity contribution in [3.63, 3.8) is 0 Å². The van der Waals surface area contributed by atoms with E-state index in [0.717, 1.165) is 19.8 Å². The fourth-order valence-corrected chi connectivity index (χ4v) is 3.09. The molecule has 1 aliphatic heterocycles. The topological polar surface area (TPSA) is 21.3 Å². The van der Waals surface area contributed by atoms with Gasteiger partial charge in [0.05, 0.1) is 0 Å². The molecule has 0 bridgehead atoms. The molecule has 0 aromatic heterocycles. The van der Waals surface area contributed by atoms with Crippen LogP contribution in [0.25, 0.3) is 0 Å². The van der Waals surface area contributed by atoms with Gasteiger partial charge in [-0.2, -0.15) is 0 Å². The highest BCUT2D eigenvalue weighted by Gasteiger charge is 2.24. The summed E-state index contributed by atoms with van der Waals surface area (Å²) in [6.45, 7) is 9.60. The summed E-state index contributed by atoms with van der Waals surface area (Å²) >= 11 is 0. The van der Waals surface area contributed by atoms with Gasteiger partial charge in [0.25, 0.3) is 0 Å². The van der Waals surface area contributed by atoms with Crippen LogP contribution in [0, 0.1) is 5.92 Å². The van der Waals surface area contributed by atoms with E-state index in [-0.39, 0.29) is 0 Å². The molecular weight excluding hydrogens is 246 g/mol. The van der Waals surface area contributed by atoms with Crippen LogP contribution in [0.1, 0.15) is 63.1 Å². The number of nitrogens with one attached hydrogen (secondary N) is 1. The number of benzene rings is 1. The quantitative estimate of drug-likeness (QED) is 0.837. The lowest BCUT2D eigenvalue weighted by atomic mass is 9.86. The Morgan fingerprint density at radius 1 is 1.10 bits per heavy atom. The van der Waals surface area contributed by atoms with Crippen molar-refractivity contribution >= 4 is 0 Å². The molecule has 1 fully saturated rings. The first-order chi connectivity index (χ1) is 9.76. The maximum absolute atomic E-state index is 5.50. The van der Waals surface area contributed by atoms with Crippen LogP contribution in [0.15, 0.2) is 24.3 Å². The van der Waals surface area contributed by atoms with E-state index >= 15 is 0 Å². The Morgan fingerprint density at radius 3 is 2.25 bits per heavy atom. The summed E-state index contributed by atoms with van der Waals surface area (Å²) in [5, 5.41) is 3.68. The molecule has 1 aromatic rings. The second-order valence-electron chi connectivity index (χ2n) is 5.96. The monoisotopic (exact) mass is 275 g/mol. The molecule has 112 valence electrons. The van der Waals surface area contributed by atoms with E-state index in [1.807, 2.05) is 0 Å². The first kappa shape index (κ1) is 15.5. The lowest BCUT2D eigenvalue weighted by Gasteiger charge is -2.31. The Labute approximate surface area is 123 Å². The van der Waals surface area contributed by atoms with Crippen molar-refractivity contribution < 1.29 is 4.74 Å². The van der Waals surface area contributed by atoms with Crippen molar-refractivity contribution in [3.05, 3.63) is 35.4 Å². The molecular formula is C18H29NO.